The summed E-state index contributed by atoms with van der Waals surface area (Å²) in [7, 11) is 1.69. The van der Waals surface area contributed by atoms with Crippen LogP contribution in [0.3, 0.4) is 0 Å². The van der Waals surface area contributed by atoms with Gasteiger partial charge in [0.25, 0.3) is 0 Å². The second-order valence-corrected chi connectivity index (χ2v) is 5.05. The molecule has 0 saturated carbocycles. The second-order valence-electron chi connectivity index (χ2n) is 5.05. The number of hydrogen-bond donors (Lipinski definition) is 1. The number of hydrogen-bond acceptors (Lipinski definition) is 2. The molecule has 0 aliphatic rings. The zero-order valence-electron chi connectivity index (χ0n) is 12.2. The molecule has 0 bridgehead atoms. The molecule has 0 aliphatic heterocycles. The average molecular weight is 277 g/mol. The van der Waals surface area contributed by atoms with E-state index in [0.717, 1.165) is 24.4 Å². The van der Waals surface area contributed by atoms with E-state index in [0.29, 0.717) is 0 Å². The van der Waals surface area contributed by atoms with Crippen molar-refractivity contribution in [3.63, 3.8) is 0 Å². The summed E-state index contributed by atoms with van der Waals surface area (Å²) in [6.45, 7) is 0.904. The van der Waals surface area contributed by atoms with Gasteiger partial charge in [0, 0.05) is 18.3 Å². The van der Waals surface area contributed by atoms with Gasteiger partial charge < -0.3 is 10.1 Å². The fourth-order valence-corrected chi connectivity index (χ4v) is 2.59. The van der Waals surface area contributed by atoms with Crippen molar-refractivity contribution in [1.29, 1.82) is 0 Å². The number of rotatable bonds is 5. The lowest BCUT2D eigenvalue weighted by molar-refractivity contribution is 0.415. The van der Waals surface area contributed by atoms with Crippen molar-refractivity contribution in [1.82, 2.24) is 0 Å². The van der Waals surface area contributed by atoms with E-state index in [1.807, 2.05) is 18.2 Å². The number of nitrogens with one attached hydrogen (secondary N) is 1. The van der Waals surface area contributed by atoms with Crippen molar-refractivity contribution in [2.75, 3.05) is 19.0 Å². The number of anilines is 1. The van der Waals surface area contributed by atoms with Crippen LogP contribution in [0.4, 0.5) is 5.69 Å². The van der Waals surface area contributed by atoms with Gasteiger partial charge in [-0.15, -0.1) is 0 Å². The van der Waals surface area contributed by atoms with Gasteiger partial charge >= 0.3 is 0 Å². The summed E-state index contributed by atoms with van der Waals surface area (Å²) in [5.74, 6) is 0.880. The van der Waals surface area contributed by atoms with Crippen LogP contribution in [0.2, 0.25) is 0 Å². The van der Waals surface area contributed by atoms with Crippen LogP contribution in [-0.2, 0) is 6.42 Å². The topological polar surface area (TPSA) is 21.3 Å². The molecule has 2 nitrogen and oxygen atoms in total. The maximum atomic E-state index is 5.24. The second kappa shape index (κ2) is 6.31. The van der Waals surface area contributed by atoms with Crippen molar-refractivity contribution in [3.8, 4) is 5.75 Å². The van der Waals surface area contributed by atoms with E-state index in [2.05, 4.69) is 53.8 Å². The molecule has 3 aromatic carbocycles. The zero-order valence-corrected chi connectivity index (χ0v) is 12.2. The molecular formula is C19H19NO. The summed E-state index contributed by atoms with van der Waals surface area (Å²) in [6, 6.07) is 23.1. The summed E-state index contributed by atoms with van der Waals surface area (Å²) < 4.78 is 5.24. The summed E-state index contributed by atoms with van der Waals surface area (Å²) in [5.41, 5.74) is 2.47. The van der Waals surface area contributed by atoms with E-state index in [1.165, 1.54) is 16.3 Å². The van der Waals surface area contributed by atoms with E-state index < -0.39 is 0 Å². The Balaban J connectivity index is 1.69. The molecule has 0 heterocycles. The summed E-state index contributed by atoms with van der Waals surface area (Å²) in [4.78, 5) is 0. The van der Waals surface area contributed by atoms with Gasteiger partial charge in [0.1, 0.15) is 5.75 Å². The Morgan fingerprint density at radius 1 is 0.905 bits per heavy atom. The SMILES string of the molecule is COc1cccc(NCCc2cccc3ccccc23)c1. The average Bonchev–Trinajstić information content (AvgIpc) is 2.55. The lowest BCUT2D eigenvalue weighted by Crippen LogP contribution is -2.05. The summed E-state index contributed by atoms with van der Waals surface area (Å²) >= 11 is 0. The molecular weight excluding hydrogens is 258 g/mol. The summed E-state index contributed by atoms with van der Waals surface area (Å²) in [5, 5.41) is 6.09. The third-order valence-electron chi connectivity index (χ3n) is 3.67. The number of fused-ring (bicyclic) bond motifs is 1. The molecule has 21 heavy (non-hydrogen) atoms. The van der Waals surface area contributed by atoms with Gasteiger partial charge in [-0.1, -0.05) is 48.5 Å². The molecule has 106 valence electrons. The van der Waals surface area contributed by atoms with E-state index in [-0.39, 0.29) is 0 Å². The molecule has 0 saturated heterocycles. The van der Waals surface area contributed by atoms with Gasteiger partial charge in [0.05, 0.1) is 7.11 Å². The Bertz CT molecular complexity index is 731. The molecule has 2 heteroatoms. The minimum Gasteiger partial charge on any atom is -0.497 e. The zero-order chi connectivity index (χ0) is 14.5. The van der Waals surface area contributed by atoms with Crippen molar-refractivity contribution >= 4 is 16.5 Å². The first-order chi connectivity index (χ1) is 10.4. The predicted octanol–water partition coefficient (Wildman–Crippen LogP) is 4.50. The summed E-state index contributed by atoms with van der Waals surface area (Å²) in [6.07, 6.45) is 0.999. The predicted molar refractivity (Wildman–Crippen MR) is 89.1 cm³/mol. The fourth-order valence-electron chi connectivity index (χ4n) is 2.59. The lowest BCUT2D eigenvalue weighted by atomic mass is 10.0. The van der Waals surface area contributed by atoms with Crippen LogP contribution in [0.25, 0.3) is 10.8 Å². The first kappa shape index (κ1) is 13.5. The number of ether oxygens (including phenoxy) is 1. The van der Waals surface area contributed by atoms with Crippen LogP contribution in [0.15, 0.2) is 66.7 Å². The third kappa shape index (κ3) is 3.16. The minimum atomic E-state index is 0.880. The normalized spacial score (nSPS) is 10.5. The fraction of sp³-hybridized carbons (Fsp3) is 0.158. The molecule has 1 N–H and O–H groups in total. The van der Waals surface area contributed by atoms with Crippen molar-refractivity contribution < 1.29 is 4.74 Å². The third-order valence-corrected chi connectivity index (χ3v) is 3.67. The van der Waals surface area contributed by atoms with Crippen molar-refractivity contribution in [2.24, 2.45) is 0 Å². The Labute approximate surface area is 125 Å². The number of benzene rings is 3. The van der Waals surface area contributed by atoms with Gasteiger partial charge in [0.15, 0.2) is 0 Å². The first-order valence-corrected chi connectivity index (χ1v) is 7.21. The van der Waals surface area contributed by atoms with Crippen LogP contribution < -0.4 is 10.1 Å². The highest BCUT2D eigenvalue weighted by atomic mass is 16.5. The molecule has 0 aromatic heterocycles. The highest BCUT2D eigenvalue weighted by molar-refractivity contribution is 5.85. The Kier molecular flexibility index (Phi) is 4.06. The molecule has 0 radical (unpaired) electrons. The van der Waals surface area contributed by atoms with Crippen molar-refractivity contribution in [3.05, 3.63) is 72.3 Å². The lowest BCUT2D eigenvalue weighted by Gasteiger charge is -2.10. The first-order valence-electron chi connectivity index (χ1n) is 7.21. The molecule has 3 rings (SSSR count). The van der Waals surface area contributed by atoms with Crippen LogP contribution in [0.5, 0.6) is 5.75 Å². The molecule has 0 atom stereocenters. The van der Waals surface area contributed by atoms with E-state index in [1.54, 1.807) is 7.11 Å². The maximum Gasteiger partial charge on any atom is 0.120 e. The Morgan fingerprint density at radius 2 is 1.71 bits per heavy atom. The quantitative estimate of drug-likeness (QED) is 0.741. The monoisotopic (exact) mass is 277 g/mol. The van der Waals surface area contributed by atoms with Crippen LogP contribution in [-0.4, -0.2) is 13.7 Å². The van der Waals surface area contributed by atoms with Gasteiger partial charge in [-0.2, -0.15) is 0 Å². The molecule has 0 aliphatic carbocycles. The standard InChI is InChI=1S/C19H19NO/c1-21-18-10-5-9-17(14-18)20-13-12-16-8-4-7-15-6-2-3-11-19(15)16/h2-11,14,20H,12-13H2,1H3. The molecule has 0 fully saturated rings. The molecule has 0 amide bonds. The van der Waals surface area contributed by atoms with E-state index >= 15 is 0 Å². The Hall–Kier alpha value is -2.48. The van der Waals surface area contributed by atoms with Crippen molar-refractivity contribution in [2.45, 2.75) is 6.42 Å². The van der Waals surface area contributed by atoms with Gasteiger partial charge in [-0.25, -0.2) is 0 Å². The van der Waals surface area contributed by atoms with Crippen LogP contribution in [0, 0.1) is 0 Å². The van der Waals surface area contributed by atoms with Gasteiger partial charge in [0.2, 0.25) is 0 Å². The molecule has 3 aromatic rings. The Morgan fingerprint density at radius 3 is 2.62 bits per heavy atom. The highest BCUT2D eigenvalue weighted by Gasteiger charge is 2.00. The minimum absolute atomic E-state index is 0.880. The van der Waals surface area contributed by atoms with Gasteiger partial charge in [-0.05, 0) is 34.9 Å². The van der Waals surface area contributed by atoms with Crippen LogP contribution in [0.1, 0.15) is 5.56 Å². The maximum absolute atomic E-state index is 5.24. The smallest absolute Gasteiger partial charge is 0.120 e. The van der Waals surface area contributed by atoms with E-state index in [4.69, 9.17) is 4.74 Å². The molecule has 0 unspecified atom stereocenters. The van der Waals surface area contributed by atoms with E-state index in [9.17, 15) is 0 Å². The molecule has 0 spiro atoms. The van der Waals surface area contributed by atoms with Crippen LogP contribution >= 0.6 is 0 Å². The largest absolute Gasteiger partial charge is 0.497 e. The van der Waals surface area contributed by atoms with Gasteiger partial charge in [-0.3, -0.25) is 0 Å². The highest BCUT2D eigenvalue weighted by Crippen LogP contribution is 2.20. The number of methoxy groups -OCH3 is 1.